The van der Waals surface area contributed by atoms with E-state index in [-0.39, 0.29) is 10.6 Å². The molecule has 0 saturated heterocycles. The molecule has 1 aliphatic rings. The highest BCUT2D eigenvalue weighted by Gasteiger charge is 2.20. The molecule has 0 heterocycles. The van der Waals surface area contributed by atoms with Crippen molar-refractivity contribution in [1.82, 2.24) is 5.32 Å². The molecule has 0 amide bonds. The molecular formula is C12H17N3O2. The van der Waals surface area contributed by atoms with Gasteiger partial charge in [0.1, 0.15) is 5.69 Å². The van der Waals surface area contributed by atoms with Crippen LogP contribution in [0.1, 0.15) is 18.4 Å². The Morgan fingerprint density at radius 1 is 1.41 bits per heavy atom. The highest BCUT2D eigenvalue weighted by Crippen LogP contribution is 2.27. The van der Waals surface area contributed by atoms with Crippen LogP contribution in [0, 0.1) is 17.0 Å². The van der Waals surface area contributed by atoms with E-state index in [4.69, 9.17) is 0 Å². The highest BCUT2D eigenvalue weighted by molar-refractivity contribution is 5.64. The number of nitrogens with zero attached hydrogens (tertiary/aromatic N) is 1. The molecule has 2 rings (SSSR count). The zero-order valence-corrected chi connectivity index (χ0v) is 9.90. The average Bonchev–Trinajstić information content (AvgIpc) is 3.07. The van der Waals surface area contributed by atoms with E-state index in [0.29, 0.717) is 23.8 Å². The van der Waals surface area contributed by atoms with Gasteiger partial charge in [0.15, 0.2) is 0 Å². The first kappa shape index (κ1) is 11.9. The van der Waals surface area contributed by atoms with Gasteiger partial charge in [-0.2, -0.15) is 0 Å². The molecule has 0 unspecified atom stereocenters. The maximum absolute atomic E-state index is 10.9. The third-order valence-corrected chi connectivity index (χ3v) is 2.87. The number of anilines is 1. The fourth-order valence-electron chi connectivity index (χ4n) is 1.80. The standard InChI is InChI=1S/C12H17N3O2/c1-9-3-2-4-11(12(9)15(16)17)14-8-7-13-10-5-6-10/h2-4,10,13-14H,5-8H2,1H3. The monoisotopic (exact) mass is 235 g/mol. The molecule has 92 valence electrons. The molecule has 1 saturated carbocycles. The number of hydrogen-bond donors (Lipinski definition) is 2. The van der Waals surface area contributed by atoms with Gasteiger partial charge >= 0.3 is 0 Å². The lowest BCUT2D eigenvalue weighted by Crippen LogP contribution is -2.24. The Kier molecular flexibility index (Phi) is 3.58. The van der Waals surface area contributed by atoms with Crippen LogP contribution >= 0.6 is 0 Å². The Balaban J connectivity index is 1.93. The maximum Gasteiger partial charge on any atom is 0.295 e. The van der Waals surface area contributed by atoms with Gasteiger partial charge in [-0.15, -0.1) is 0 Å². The minimum absolute atomic E-state index is 0.180. The van der Waals surface area contributed by atoms with Gasteiger partial charge in [0.25, 0.3) is 5.69 Å². The Hall–Kier alpha value is -1.62. The molecule has 0 spiro atoms. The molecule has 0 atom stereocenters. The number of para-hydroxylation sites is 1. The summed E-state index contributed by atoms with van der Waals surface area (Å²) in [5.41, 5.74) is 1.47. The molecule has 5 nitrogen and oxygen atoms in total. The van der Waals surface area contributed by atoms with Gasteiger partial charge < -0.3 is 10.6 Å². The number of hydrogen-bond acceptors (Lipinski definition) is 4. The zero-order valence-electron chi connectivity index (χ0n) is 9.90. The molecule has 1 aliphatic carbocycles. The number of nitro groups is 1. The van der Waals surface area contributed by atoms with Gasteiger partial charge in [-0.3, -0.25) is 10.1 Å². The molecule has 5 heteroatoms. The Morgan fingerprint density at radius 2 is 2.18 bits per heavy atom. The first-order valence-corrected chi connectivity index (χ1v) is 5.90. The Labute approximate surface area is 100 Å². The van der Waals surface area contributed by atoms with E-state index in [2.05, 4.69) is 10.6 Å². The van der Waals surface area contributed by atoms with Crippen LogP contribution < -0.4 is 10.6 Å². The second-order valence-corrected chi connectivity index (χ2v) is 4.38. The maximum atomic E-state index is 10.9. The minimum Gasteiger partial charge on any atom is -0.378 e. The summed E-state index contributed by atoms with van der Waals surface area (Å²) < 4.78 is 0. The van der Waals surface area contributed by atoms with E-state index in [1.165, 1.54) is 12.8 Å². The second-order valence-electron chi connectivity index (χ2n) is 4.38. The summed E-state index contributed by atoms with van der Waals surface area (Å²) in [6.07, 6.45) is 2.51. The van der Waals surface area contributed by atoms with Crippen molar-refractivity contribution in [3.63, 3.8) is 0 Å². The predicted molar refractivity (Wildman–Crippen MR) is 67.3 cm³/mol. The summed E-state index contributed by atoms with van der Waals surface area (Å²) in [5.74, 6) is 0. The largest absolute Gasteiger partial charge is 0.378 e. The van der Waals surface area contributed by atoms with E-state index in [9.17, 15) is 10.1 Å². The van der Waals surface area contributed by atoms with Crippen LogP contribution in [0.4, 0.5) is 11.4 Å². The zero-order chi connectivity index (χ0) is 12.3. The third kappa shape index (κ3) is 3.17. The van der Waals surface area contributed by atoms with E-state index in [1.54, 1.807) is 19.1 Å². The lowest BCUT2D eigenvalue weighted by Gasteiger charge is -2.08. The minimum atomic E-state index is -0.327. The first-order chi connectivity index (χ1) is 8.18. The Morgan fingerprint density at radius 3 is 2.82 bits per heavy atom. The topological polar surface area (TPSA) is 67.2 Å². The van der Waals surface area contributed by atoms with E-state index in [0.717, 1.165) is 6.54 Å². The van der Waals surface area contributed by atoms with E-state index >= 15 is 0 Å². The lowest BCUT2D eigenvalue weighted by atomic mass is 10.1. The van der Waals surface area contributed by atoms with Crippen molar-refractivity contribution in [2.24, 2.45) is 0 Å². The summed E-state index contributed by atoms with van der Waals surface area (Å²) in [4.78, 5) is 10.6. The molecule has 2 N–H and O–H groups in total. The van der Waals surface area contributed by atoms with Crippen molar-refractivity contribution < 1.29 is 4.92 Å². The third-order valence-electron chi connectivity index (χ3n) is 2.87. The molecule has 0 bridgehead atoms. The number of benzene rings is 1. The molecular weight excluding hydrogens is 218 g/mol. The van der Waals surface area contributed by atoms with Gasteiger partial charge in [0, 0.05) is 24.7 Å². The van der Waals surface area contributed by atoms with Crippen LogP contribution in [-0.2, 0) is 0 Å². The Bertz CT molecular complexity index is 416. The quantitative estimate of drug-likeness (QED) is 0.450. The van der Waals surface area contributed by atoms with Crippen molar-refractivity contribution in [3.05, 3.63) is 33.9 Å². The van der Waals surface area contributed by atoms with Crippen molar-refractivity contribution in [2.45, 2.75) is 25.8 Å². The van der Waals surface area contributed by atoms with Crippen molar-refractivity contribution >= 4 is 11.4 Å². The summed E-state index contributed by atoms with van der Waals surface area (Å²) in [5, 5.41) is 17.4. The molecule has 0 radical (unpaired) electrons. The molecule has 1 fully saturated rings. The van der Waals surface area contributed by atoms with Crippen molar-refractivity contribution in [2.75, 3.05) is 18.4 Å². The fraction of sp³-hybridized carbons (Fsp3) is 0.500. The second kappa shape index (κ2) is 5.14. The summed E-state index contributed by atoms with van der Waals surface area (Å²) >= 11 is 0. The van der Waals surface area contributed by atoms with Gasteiger partial charge in [-0.05, 0) is 25.8 Å². The molecule has 0 aromatic heterocycles. The normalized spacial score (nSPS) is 14.6. The molecule has 17 heavy (non-hydrogen) atoms. The van der Waals surface area contributed by atoms with Gasteiger partial charge in [0.05, 0.1) is 4.92 Å². The summed E-state index contributed by atoms with van der Waals surface area (Å²) in [6.45, 7) is 3.31. The van der Waals surface area contributed by atoms with Crippen LogP contribution in [0.2, 0.25) is 0 Å². The van der Waals surface area contributed by atoms with Crippen LogP contribution in [0.15, 0.2) is 18.2 Å². The first-order valence-electron chi connectivity index (χ1n) is 5.90. The number of nitro benzene ring substituents is 1. The molecule has 1 aromatic carbocycles. The van der Waals surface area contributed by atoms with Crippen LogP contribution in [0.3, 0.4) is 0 Å². The predicted octanol–water partition coefficient (Wildman–Crippen LogP) is 2.07. The van der Waals surface area contributed by atoms with Gasteiger partial charge in [-0.1, -0.05) is 12.1 Å². The molecule has 1 aromatic rings. The summed E-state index contributed by atoms with van der Waals surface area (Å²) in [6, 6.07) is 6.01. The van der Waals surface area contributed by atoms with Crippen molar-refractivity contribution in [3.8, 4) is 0 Å². The van der Waals surface area contributed by atoms with Gasteiger partial charge in [-0.25, -0.2) is 0 Å². The van der Waals surface area contributed by atoms with Crippen LogP contribution in [-0.4, -0.2) is 24.1 Å². The van der Waals surface area contributed by atoms with Crippen molar-refractivity contribution in [1.29, 1.82) is 0 Å². The average molecular weight is 235 g/mol. The number of aryl methyl sites for hydroxylation is 1. The SMILES string of the molecule is Cc1cccc(NCCNC2CC2)c1[N+](=O)[O-]. The smallest absolute Gasteiger partial charge is 0.295 e. The van der Waals surface area contributed by atoms with Crippen LogP contribution in [0.25, 0.3) is 0 Å². The van der Waals surface area contributed by atoms with Crippen LogP contribution in [0.5, 0.6) is 0 Å². The van der Waals surface area contributed by atoms with E-state index in [1.807, 2.05) is 6.07 Å². The number of nitrogens with one attached hydrogen (secondary N) is 2. The molecule has 0 aliphatic heterocycles. The highest BCUT2D eigenvalue weighted by atomic mass is 16.6. The van der Waals surface area contributed by atoms with E-state index < -0.39 is 0 Å². The lowest BCUT2D eigenvalue weighted by molar-refractivity contribution is -0.384. The fourth-order valence-corrected chi connectivity index (χ4v) is 1.80. The summed E-state index contributed by atoms with van der Waals surface area (Å²) in [7, 11) is 0. The number of rotatable bonds is 6. The van der Waals surface area contributed by atoms with Gasteiger partial charge in [0.2, 0.25) is 0 Å².